The van der Waals surface area contributed by atoms with Gasteiger partial charge in [0.1, 0.15) is 0 Å². The SMILES string of the molecule is CC1(C)CCCC2(C)C(CO[Si](C)(C)CCCC#N)C3CCC2C31. The predicted molar refractivity (Wildman–Crippen MR) is 102 cm³/mol. The van der Waals surface area contributed by atoms with E-state index < -0.39 is 8.32 Å². The van der Waals surface area contributed by atoms with Crippen molar-refractivity contribution in [2.75, 3.05) is 6.61 Å². The summed E-state index contributed by atoms with van der Waals surface area (Å²) in [6.07, 6.45) is 8.85. The predicted octanol–water partition coefficient (Wildman–Crippen LogP) is 6.00. The minimum absolute atomic E-state index is 0.526. The van der Waals surface area contributed by atoms with Gasteiger partial charge in [-0.1, -0.05) is 27.2 Å². The Hall–Kier alpha value is -0.333. The number of unbranched alkanes of at least 4 members (excludes halogenated alkanes) is 1. The van der Waals surface area contributed by atoms with Crippen molar-refractivity contribution in [2.45, 2.75) is 84.9 Å². The summed E-state index contributed by atoms with van der Waals surface area (Å²) in [7, 11) is -1.61. The average Bonchev–Trinajstić information content (AvgIpc) is 2.98. The van der Waals surface area contributed by atoms with Gasteiger partial charge in [0.2, 0.25) is 0 Å². The molecule has 0 saturated heterocycles. The summed E-state index contributed by atoms with van der Waals surface area (Å²) in [5.41, 5.74) is 1.05. The van der Waals surface area contributed by atoms with Crippen LogP contribution in [0.4, 0.5) is 0 Å². The van der Waals surface area contributed by atoms with Crippen molar-refractivity contribution < 1.29 is 4.43 Å². The van der Waals surface area contributed by atoms with E-state index in [1.54, 1.807) is 0 Å². The molecule has 4 bridgehead atoms. The van der Waals surface area contributed by atoms with Crippen molar-refractivity contribution in [3.63, 3.8) is 0 Å². The highest BCUT2D eigenvalue weighted by Gasteiger charge is 2.64. The van der Waals surface area contributed by atoms with Crippen molar-refractivity contribution in [3.05, 3.63) is 0 Å². The van der Waals surface area contributed by atoms with Crippen molar-refractivity contribution >= 4 is 8.32 Å². The highest BCUT2D eigenvalue weighted by molar-refractivity contribution is 6.71. The van der Waals surface area contributed by atoms with E-state index in [1.165, 1.54) is 32.1 Å². The second kappa shape index (κ2) is 6.43. The largest absolute Gasteiger partial charge is 0.417 e. The van der Waals surface area contributed by atoms with Gasteiger partial charge in [-0.15, -0.1) is 0 Å². The zero-order chi connectivity index (χ0) is 17.6. The summed E-state index contributed by atoms with van der Waals surface area (Å²) in [4.78, 5) is 0. The lowest BCUT2D eigenvalue weighted by molar-refractivity contribution is 0.0429. The van der Waals surface area contributed by atoms with E-state index in [-0.39, 0.29) is 0 Å². The Bertz CT molecular complexity index is 508. The number of nitriles is 1. The molecule has 3 fully saturated rings. The minimum atomic E-state index is -1.61. The van der Waals surface area contributed by atoms with Gasteiger partial charge in [0.25, 0.3) is 0 Å². The molecule has 3 heteroatoms. The maximum atomic E-state index is 8.77. The lowest BCUT2D eigenvalue weighted by atomic mass is 9.65. The van der Waals surface area contributed by atoms with Gasteiger partial charge < -0.3 is 4.43 Å². The molecule has 24 heavy (non-hydrogen) atoms. The number of hydrogen-bond acceptors (Lipinski definition) is 2. The molecule has 3 aliphatic rings. The fraction of sp³-hybridized carbons (Fsp3) is 0.952. The van der Waals surface area contributed by atoms with Crippen molar-refractivity contribution in [1.29, 1.82) is 5.26 Å². The maximum absolute atomic E-state index is 8.77. The molecule has 0 heterocycles. The number of hydrogen-bond donors (Lipinski definition) is 0. The summed E-state index contributed by atoms with van der Waals surface area (Å²) in [6.45, 7) is 13.4. The summed E-state index contributed by atoms with van der Waals surface area (Å²) in [6, 6.07) is 3.41. The zero-order valence-electron chi connectivity index (χ0n) is 16.5. The first kappa shape index (κ1) is 18.5. The van der Waals surface area contributed by atoms with Crippen molar-refractivity contribution in [3.8, 4) is 6.07 Å². The molecule has 0 aromatic carbocycles. The standard InChI is InChI=1S/C21H37NOSi/c1-20(2)11-8-12-21(3)17-10-9-16(19(17)20)18(21)15-23-24(4,5)14-7-6-13-22/h16-19H,6-12,14-15H2,1-5H3. The lowest BCUT2D eigenvalue weighted by Crippen LogP contribution is -2.40. The Morgan fingerprint density at radius 3 is 2.62 bits per heavy atom. The molecule has 0 aromatic rings. The molecule has 136 valence electrons. The van der Waals surface area contributed by atoms with Crippen LogP contribution in [0.15, 0.2) is 0 Å². The monoisotopic (exact) mass is 347 g/mol. The summed E-state index contributed by atoms with van der Waals surface area (Å²) in [5.74, 6) is 3.56. The molecular weight excluding hydrogens is 310 g/mol. The topological polar surface area (TPSA) is 33.0 Å². The number of nitrogens with zero attached hydrogens (tertiary/aromatic N) is 1. The average molecular weight is 348 g/mol. The Morgan fingerprint density at radius 1 is 1.17 bits per heavy atom. The molecule has 0 amide bonds. The first-order valence-corrected chi connectivity index (χ1v) is 13.3. The van der Waals surface area contributed by atoms with Gasteiger partial charge in [-0.05, 0) is 85.7 Å². The smallest absolute Gasteiger partial charge is 0.186 e. The molecule has 0 aromatic heterocycles. The maximum Gasteiger partial charge on any atom is 0.186 e. The third kappa shape index (κ3) is 3.10. The molecule has 0 spiro atoms. The van der Waals surface area contributed by atoms with Gasteiger partial charge in [0.15, 0.2) is 8.32 Å². The highest BCUT2D eigenvalue weighted by Crippen LogP contribution is 2.70. The van der Waals surface area contributed by atoms with Gasteiger partial charge in [0, 0.05) is 13.0 Å². The Morgan fingerprint density at radius 2 is 1.92 bits per heavy atom. The fourth-order valence-electron chi connectivity index (χ4n) is 6.87. The van der Waals surface area contributed by atoms with Crippen LogP contribution < -0.4 is 0 Å². The van der Waals surface area contributed by atoms with E-state index in [9.17, 15) is 0 Å². The van der Waals surface area contributed by atoms with Crippen LogP contribution in [0.3, 0.4) is 0 Å². The fourth-order valence-corrected chi connectivity index (χ4v) is 8.67. The highest BCUT2D eigenvalue weighted by atomic mass is 28.4. The molecular formula is C21H37NOSi. The molecule has 2 nitrogen and oxygen atoms in total. The second-order valence-electron chi connectivity index (χ2n) is 10.4. The first-order valence-electron chi connectivity index (χ1n) is 10.2. The van der Waals surface area contributed by atoms with Gasteiger partial charge >= 0.3 is 0 Å². The van der Waals surface area contributed by atoms with E-state index >= 15 is 0 Å². The van der Waals surface area contributed by atoms with Crippen LogP contribution in [0.5, 0.6) is 0 Å². The van der Waals surface area contributed by atoms with Crippen molar-refractivity contribution in [2.24, 2.45) is 34.5 Å². The van der Waals surface area contributed by atoms with Crippen LogP contribution in [0.2, 0.25) is 19.1 Å². The molecule has 3 aliphatic carbocycles. The van der Waals surface area contributed by atoms with Gasteiger partial charge in [-0.25, -0.2) is 0 Å². The molecule has 3 saturated carbocycles. The molecule has 5 unspecified atom stereocenters. The summed E-state index contributed by atoms with van der Waals surface area (Å²) in [5, 5.41) is 8.77. The molecule has 3 rings (SSSR count). The third-order valence-electron chi connectivity index (χ3n) is 8.08. The molecule has 5 atom stereocenters. The van der Waals surface area contributed by atoms with E-state index in [4.69, 9.17) is 9.69 Å². The Labute approximate surface area is 150 Å². The van der Waals surface area contributed by atoms with Crippen LogP contribution in [-0.2, 0) is 4.43 Å². The summed E-state index contributed by atoms with van der Waals surface area (Å²) >= 11 is 0. The zero-order valence-corrected chi connectivity index (χ0v) is 17.5. The quantitative estimate of drug-likeness (QED) is 0.436. The van der Waals surface area contributed by atoms with E-state index in [0.717, 1.165) is 42.7 Å². The van der Waals surface area contributed by atoms with E-state index in [0.29, 0.717) is 17.3 Å². The first-order chi connectivity index (χ1) is 11.2. The van der Waals surface area contributed by atoms with Gasteiger partial charge in [-0.2, -0.15) is 5.26 Å². The van der Waals surface area contributed by atoms with E-state index in [1.807, 2.05) is 0 Å². The summed E-state index contributed by atoms with van der Waals surface area (Å²) < 4.78 is 6.62. The van der Waals surface area contributed by atoms with Crippen LogP contribution in [0.1, 0.15) is 65.7 Å². The number of rotatable bonds is 6. The molecule has 0 aliphatic heterocycles. The Balaban J connectivity index is 1.70. The van der Waals surface area contributed by atoms with Crippen LogP contribution in [-0.4, -0.2) is 14.9 Å². The lowest BCUT2D eigenvalue weighted by Gasteiger charge is -2.43. The third-order valence-corrected chi connectivity index (χ3v) is 10.6. The van der Waals surface area contributed by atoms with Crippen LogP contribution in [0.25, 0.3) is 0 Å². The molecule has 0 radical (unpaired) electrons. The van der Waals surface area contributed by atoms with Gasteiger partial charge in [0.05, 0.1) is 6.07 Å². The van der Waals surface area contributed by atoms with Crippen LogP contribution in [0, 0.1) is 45.8 Å². The van der Waals surface area contributed by atoms with Crippen molar-refractivity contribution in [1.82, 2.24) is 0 Å². The Kier molecular flexibility index (Phi) is 4.95. The molecule has 0 N–H and O–H groups in total. The van der Waals surface area contributed by atoms with E-state index in [2.05, 4.69) is 39.9 Å². The van der Waals surface area contributed by atoms with Crippen LogP contribution >= 0.6 is 0 Å². The minimum Gasteiger partial charge on any atom is -0.417 e. The second-order valence-corrected chi connectivity index (χ2v) is 14.7. The van der Waals surface area contributed by atoms with Gasteiger partial charge in [-0.3, -0.25) is 0 Å². The normalized spacial score (nSPS) is 40.3.